The quantitative estimate of drug-likeness (QED) is 0.596. The predicted molar refractivity (Wildman–Crippen MR) is 84.6 cm³/mol. The van der Waals surface area contributed by atoms with E-state index in [9.17, 15) is 9.59 Å². The lowest BCUT2D eigenvalue weighted by Gasteiger charge is -2.11. The van der Waals surface area contributed by atoms with Crippen LogP contribution in [0.1, 0.15) is 17.3 Å². The van der Waals surface area contributed by atoms with Gasteiger partial charge >= 0.3 is 5.97 Å². The molecule has 22 heavy (non-hydrogen) atoms. The van der Waals surface area contributed by atoms with Gasteiger partial charge in [0.1, 0.15) is 5.75 Å². The van der Waals surface area contributed by atoms with Crippen molar-refractivity contribution in [1.82, 2.24) is 4.98 Å². The van der Waals surface area contributed by atoms with E-state index in [0.29, 0.717) is 22.2 Å². The molecule has 0 fully saturated rings. The van der Waals surface area contributed by atoms with Crippen LogP contribution < -0.4 is 10.2 Å². The molecule has 0 aliphatic rings. The number of para-hydroxylation sites is 1. The van der Waals surface area contributed by atoms with Gasteiger partial charge in [-0.05, 0) is 31.2 Å². The molecule has 1 heterocycles. The summed E-state index contributed by atoms with van der Waals surface area (Å²) in [6.45, 7) is 1.97. The van der Waals surface area contributed by atoms with Gasteiger partial charge in [0.05, 0.1) is 30.2 Å². The average Bonchev–Trinajstić information content (AvgIpc) is 2.54. The first-order valence-corrected chi connectivity index (χ1v) is 6.96. The predicted octanol–water partition coefficient (Wildman–Crippen LogP) is 2.87. The van der Waals surface area contributed by atoms with Crippen LogP contribution in [0.25, 0.3) is 21.8 Å². The highest BCUT2D eigenvalue weighted by atomic mass is 16.5. The fraction of sp³-hybridized carbons (Fsp3) is 0.176. The van der Waals surface area contributed by atoms with Gasteiger partial charge < -0.3 is 14.5 Å². The van der Waals surface area contributed by atoms with E-state index in [4.69, 9.17) is 9.47 Å². The second kappa shape index (κ2) is 5.52. The van der Waals surface area contributed by atoms with Crippen molar-refractivity contribution in [3.63, 3.8) is 0 Å². The maximum atomic E-state index is 12.8. The summed E-state index contributed by atoms with van der Waals surface area (Å²) in [6, 6.07) is 10.4. The lowest BCUT2D eigenvalue weighted by atomic mass is 10.0. The molecule has 112 valence electrons. The molecule has 0 aliphatic carbocycles. The lowest BCUT2D eigenvalue weighted by molar-refractivity contribution is 0.0528. The van der Waals surface area contributed by atoms with E-state index in [2.05, 4.69) is 4.98 Å². The van der Waals surface area contributed by atoms with Gasteiger partial charge in [-0.3, -0.25) is 4.79 Å². The Hall–Kier alpha value is -2.82. The molecule has 1 N–H and O–H groups in total. The van der Waals surface area contributed by atoms with Gasteiger partial charge in [-0.2, -0.15) is 0 Å². The molecule has 0 unspecified atom stereocenters. The maximum absolute atomic E-state index is 12.8. The van der Waals surface area contributed by atoms with Gasteiger partial charge in [0.2, 0.25) is 0 Å². The third kappa shape index (κ3) is 2.11. The number of carbonyl (C=O) groups excluding carboxylic acids is 1. The molecular formula is C17H15NO4. The molecule has 0 aliphatic heterocycles. The molecular weight excluding hydrogens is 282 g/mol. The zero-order valence-corrected chi connectivity index (χ0v) is 12.3. The van der Waals surface area contributed by atoms with Crippen molar-refractivity contribution in [2.45, 2.75) is 6.92 Å². The minimum Gasteiger partial charge on any atom is -0.495 e. The number of carbonyl (C=O) groups is 1. The monoisotopic (exact) mass is 297 g/mol. The number of rotatable bonds is 3. The van der Waals surface area contributed by atoms with E-state index >= 15 is 0 Å². The molecule has 0 bridgehead atoms. The van der Waals surface area contributed by atoms with Crippen molar-refractivity contribution in [2.24, 2.45) is 0 Å². The molecule has 0 radical (unpaired) electrons. The van der Waals surface area contributed by atoms with Crippen molar-refractivity contribution >= 4 is 27.8 Å². The van der Waals surface area contributed by atoms with Gasteiger partial charge in [-0.15, -0.1) is 0 Å². The molecule has 3 aromatic rings. The Morgan fingerprint density at radius 2 is 1.95 bits per heavy atom. The van der Waals surface area contributed by atoms with E-state index in [1.165, 1.54) is 7.11 Å². The normalized spacial score (nSPS) is 10.8. The van der Waals surface area contributed by atoms with E-state index in [1.807, 2.05) is 12.1 Å². The number of fused-ring (bicyclic) bond motifs is 2. The van der Waals surface area contributed by atoms with E-state index in [0.717, 1.165) is 0 Å². The summed E-state index contributed by atoms with van der Waals surface area (Å²) in [6.07, 6.45) is 0. The molecule has 1 aromatic heterocycles. The van der Waals surface area contributed by atoms with E-state index in [1.54, 1.807) is 31.2 Å². The summed E-state index contributed by atoms with van der Waals surface area (Å²) in [5, 5.41) is 0.810. The Balaban J connectivity index is 2.47. The number of esters is 1. The number of benzene rings is 2. The molecule has 0 spiro atoms. The largest absolute Gasteiger partial charge is 0.495 e. The Morgan fingerprint density at radius 1 is 1.18 bits per heavy atom. The highest BCUT2D eigenvalue weighted by Crippen LogP contribution is 2.27. The van der Waals surface area contributed by atoms with Crippen LogP contribution in [-0.2, 0) is 4.74 Å². The molecule has 2 aromatic carbocycles. The third-order valence-corrected chi connectivity index (χ3v) is 3.54. The number of ether oxygens (including phenoxy) is 2. The highest BCUT2D eigenvalue weighted by molar-refractivity contribution is 6.08. The standard InChI is InChI=1S/C17H15NO4/c1-3-22-17(20)11-8-9-13(21-2)15-14(11)16(19)10-6-4-5-7-12(10)18-15/h4-9H,3H2,1-2H3,(H,18,19). The summed E-state index contributed by atoms with van der Waals surface area (Å²) in [4.78, 5) is 28.1. The summed E-state index contributed by atoms with van der Waals surface area (Å²) in [5.41, 5.74) is 1.21. The van der Waals surface area contributed by atoms with Crippen molar-refractivity contribution < 1.29 is 14.3 Å². The molecule has 0 saturated heterocycles. The second-order valence-corrected chi connectivity index (χ2v) is 4.79. The van der Waals surface area contributed by atoms with Crippen LogP contribution in [0.2, 0.25) is 0 Å². The number of aromatic amines is 1. The number of hydrogen-bond donors (Lipinski definition) is 1. The van der Waals surface area contributed by atoms with Crippen LogP contribution in [0.15, 0.2) is 41.2 Å². The molecule has 5 heteroatoms. The first-order chi connectivity index (χ1) is 10.7. The van der Waals surface area contributed by atoms with Gasteiger partial charge in [0, 0.05) is 10.9 Å². The molecule has 0 saturated carbocycles. The Labute approximate surface area is 126 Å². The van der Waals surface area contributed by atoms with Gasteiger partial charge in [0.15, 0.2) is 5.43 Å². The SMILES string of the molecule is CCOC(=O)c1ccc(OC)c2[nH]c3ccccc3c(=O)c12. The highest BCUT2D eigenvalue weighted by Gasteiger charge is 2.18. The first kappa shape index (κ1) is 14.1. The minimum absolute atomic E-state index is 0.216. The smallest absolute Gasteiger partial charge is 0.338 e. The summed E-state index contributed by atoms with van der Waals surface area (Å²) >= 11 is 0. The molecule has 5 nitrogen and oxygen atoms in total. The number of pyridine rings is 1. The third-order valence-electron chi connectivity index (χ3n) is 3.54. The number of aromatic nitrogens is 1. The second-order valence-electron chi connectivity index (χ2n) is 4.79. The van der Waals surface area contributed by atoms with Crippen LogP contribution in [0.3, 0.4) is 0 Å². The summed E-state index contributed by atoms with van der Waals surface area (Å²) < 4.78 is 10.3. The average molecular weight is 297 g/mol. The van der Waals surface area contributed by atoms with Crippen LogP contribution >= 0.6 is 0 Å². The zero-order chi connectivity index (χ0) is 15.7. The molecule has 0 atom stereocenters. The van der Waals surface area contributed by atoms with Crippen LogP contribution in [0.4, 0.5) is 0 Å². The number of H-pyrrole nitrogens is 1. The Kier molecular flexibility index (Phi) is 3.55. The number of methoxy groups -OCH3 is 1. The van der Waals surface area contributed by atoms with Crippen molar-refractivity contribution in [1.29, 1.82) is 0 Å². The molecule has 0 amide bonds. The topological polar surface area (TPSA) is 68.4 Å². The van der Waals surface area contributed by atoms with Gasteiger partial charge in [-0.25, -0.2) is 4.79 Å². The van der Waals surface area contributed by atoms with Crippen molar-refractivity contribution in [3.05, 3.63) is 52.2 Å². The van der Waals surface area contributed by atoms with Crippen molar-refractivity contribution in [3.8, 4) is 5.75 Å². The van der Waals surface area contributed by atoms with E-state index < -0.39 is 5.97 Å². The Bertz CT molecular complexity index is 927. The van der Waals surface area contributed by atoms with Gasteiger partial charge in [-0.1, -0.05) is 12.1 Å². The first-order valence-electron chi connectivity index (χ1n) is 6.96. The Morgan fingerprint density at radius 3 is 2.68 bits per heavy atom. The number of nitrogens with one attached hydrogen (secondary N) is 1. The summed E-state index contributed by atoms with van der Waals surface area (Å²) in [5.74, 6) is -0.0122. The van der Waals surface area contributed by atoms with E-state index in [-0.39, 0.29) is 23.0 Å². The van der Waals surface area contributed by atoms with Crippen LogP contribution in [-0.4, -0.2) is 24.7 Å². The fourth-order valence-corrected chi connectivity index (χ4v) is 2.55. The number of hydrogen-bond acceptors (Lipinski definition) is 4. The van der Waals surface area contributed by atoms with Crippen LogP contribution in [0.5, 0.6) is 5.75 Å². The lowest BCUT2D eigenvalue weighted by Crippen LogP contribution is -2.13. The fourth-order valence-electron chi connectivity index (χ4n) is 2.55. The van der Waals surface area contributed by atoms with Crippen LogP contribution in [0, 0.1) is 0 Å². The molecule has 3 rings (SSSR count). The van der Waals surface area contributed by atoms with Crippen molar-refractivity contribution in [2.75, 3.05) is 13.7 Å². The van der Waals surface area contributed by atoms with Gasteiger partial charge in [0.25, 0.3) is 0 Å². The summed E-state index contributed by atoms with van der Waals surface area (Å²) in [7, 11) is 1.52. The minimum atomic E-state index is -0.518. The zero-order valence-electron chi connectivity index (χ0n) is 12.3. The maximum Gasteiger partial charge on any atom is 0.338 e.